The topological polar surface area (TPSA) is 106 Å². The molecule has 0 saturated carbocycles. The quantitative estimate of drug-likeness (QED) is 0.623. The Bertz CT molecular complexity index is 1230. The molecule has 1 amide bonds. The number of carbonyl (C=O) groups excluding carboxylic acids is 1. The van der Waals surface area contributed by atoms with Crippen molar-refractivity contribution in [3.63, 3.8) is 0 Å². The van der Waals surface area contributed by atoms with Gasteiger partial charge in [-0.3, -0.25) is 4.79 Å². The number of nitrogens with one attached hydrogen (secondary N) is 1. The van der Waals surface area contributed by atoms with E-state index in [0.29, 0.717) is 24.5 Å². The van der Waals surface area contributed by atoms with Gasteiger partial charge in [0.05, 0.1) is 22.4 Å². The fraction of sp³-hybridized carbons (Fsp3) is 0.381. The van der Waals surface area contributed by atoms with Gasteiger partial charge in [-0.2, -0.15) is 0 Å². The van der Waals surface area contributed by atoms with Crippen LogP contribution >= 0.6 is 0 Å². The van der Waals surface area contributed by atoms with Crippen LogP contribution in [0.2, 0.25) is 0 Å². The van der Waals surface area contributed by atoms with E-state index in [2.05, 4.69) is 10.3 Å². The van der Waals surface area contributed by atoms with Crippen LogP contribution in [-0.4, -0.2) is 59.9 Å². The molecule has 1 aliphatic rings. The molecule has 1 saturated heterocycles. The van der Waals surface area contributed by atoms with Crippen molar-refractivity contribution in [3.05, 3.63) is 36.7 Å². The van der Waals surface area contributed by atoms with E-state index < -0.39 is 10.0 Å². The summed E-state index contributed by atoms with van der Waals surface area (Å²) in [5.74, 6) is 0.529. The van der Waals surface area contributed by atoms with Crippen LogP contribution in [0, 0.1) is 5.92 Å². The molecular weight excluding hydrogens is 418 g/mol. The first-order valence-corrected chi connectivity index (χ1v) is 11.4. The number of hydrogen-bond acceptors (Lipinski definition) is 6. The van der Waals surface area contributed by atoms with Crippen LogP contribution in [0.3, 0.4) is 0 Å². The second-order valence-corrected chi connectivity index (χ2v) is 10.1. The number of sulfonamides is 1. The molecule has 0 spiro atoms. The molecule has 4 rings (SSSR count). The van der Waals surface area contributed by atoms with E-state index in [1.165, 1.54) is 18.4 Å². The molecule has 0 bridgehead atoms. The molecule has 164 valence electrons. The first-order valence-electron chi connectivity index (χ1n) is 9.95. The minimum atomic E-state index is -3.51. The molecule has 0 radical (unpaired) electrons. The van der Waals surface area contributed by atoms with Crippen molar-refractivity contribution in [2.45, 2.75) is 24.3 Å². The maximum absolute atomic E-state index is 12.3. The molecule has 2 aromatic heterocycles. The Morgan fingerprint density at radius 3 is 2.58 bits per heavy atom. The second-order valence-electron chi connectivity index (χ2n) is 7.94. The van der Waals surface area contributed by atoms with Crippen LogP contribution in [0.5, 0.6) is 5.88 Å². The number of carbonyl (C=O) groups is 1. The van der Waals surface area contributed by atoms with Gasteiger partial charge in [-0.1, -0.05) is 12.1 Å². The molecule has 3 heterocycles. The van der Waals surface area contributed by atoms with Crippen molar-refractivity contribution < 1.29 is 17.9 Å². The maximum Gasteiger partial charge on any atom is 0.242 e. The second kappa shape index (κ2) is 7.93. The standard InChI is InChI=1S/C21H25N5O4S/c1-13(15-9-19(27)22-11-15)30-21-20-18(23-12-26(20)4)10-17(24-21)14-5-7-16(8-6-14)31(28,29)25(2)3/h5-8,10,12-13,15H,9,11H2,1-4H3,(H,22,27)/t13-,15-/m1/s1. The lowest BCUT2D eigenvalue weighted by Crippen LogP contribution is -2.26. The van der Waals surface area contributed by atoms with Gasteiger partial charge in [0.15, 0.2) is 0 Å². The van der Waals surface area contributed by atoms with Crippen molar-refractivity contribution in [2.75, 3.05) is 20.6 Å². The Labute approximate surface area is 181 Å². The number of pyridine rings is 1. The molecular formula is C21H25N5O4S. The number of fused-ring (bicyclic) bond motifs is 1. The van der Waals surface area contributed by atoms with Crippen LogP contribution in [0.25, 0.3) is 22.3 Å². The highest BCUT2D eigenvalue weighted by Crippen LogP contribution is 2.31. The zero-order valence-corrected chi connectivity index (χ0v) is 18.7. The molecule has 1 aliphatic heterocycles. The van der Waals surface area contributed by atoms with Crippen molar-refractivity contribution in [2.24, 2.45) is 13.0 Å². The lowest BCUT2D eigenvalue weighted by Gasteiger charge is -2.20. The Balaban J connectivity index is 1.70. The zero-order chi connectivity index (χ0) is 22.3. The number of rotatable bonds is 6. The summed E-state index contributed by atoms with van der Waals surface area (Å²) < 4.78 is 33.9. The molecule has 3 aromatic rings. The van der Waals surface area contributed by atoms with E-state index in [1.807, 2.05) is 24.6 Å². The summed E-state index contributed by atoms with van der Waals surface area (Å²) in [5, 5.41) is 2.83. The molecule has 0 aliphatic carbocycles. The number of aryl methyl sites for hydroxylation is 1. The lowest BCUT2D eigenvalue weighted by atomic mass is 10.0. The highest BCUT2D eigenvalue weighted by atomic mass is 32.2. The summed E-state index contributed by atoms with van der Waals surface area (Å²) in [6, 6.07) is 8.42. The smallest absolute Gasteiger partial charge is 0.242 e. The molecule has 1 aromatic carbocycles. The summed E-state index contributed by atoms with van der Waals surface area (Å²) >= 11 is 0. The van der Waals surface area contributed by atoms with Gasteiger partial charge in [-0.25, -0.2) is 22.7 Å². The van der Waals surface area contributed by atoms with E-state index >= 15 is 0 Å². The third-order valence-electron chi connectivity index (χ3n) is 5.56. The number of nitrogens with zero attached hydrogens (tertiary/aromatic N) is 4. The fourth-order valence-corrected chi connectivity index (χ4v) is 4.51. The van der Waals surface area contributed by atoms with Crippen LogP contribution < -0.4 is 10.1 Å². The predicted molar refractivity (Wildman–Crippen MR) is 116 cm³/mol. The minimum Gasteiger partial charge on any atom is -0.473 e. The van der Waals surface area contributed by atoms with Crippen LogP contribution in [0.15, 0.2) is 41.6 Å². The number of aromatic nitrogens is 3. The third kappa shape index (κ3) is 4.00. The summed E-state index contributed by atoms with van der Waals surface area (Å²) in [4.78, 5) is 20.9. The summed E-state index contributed by atoms with van der Waals surface area (Å²) in [7, 11) is 1.36. The highest BCUT2D eigenvalue weighted by molar-refractivity contribution is 7.89. The first-order chi connectivity index (χ1) is 14.7. The van der Waals surface area contributed by atoms with Crippen molar-refractivity contribution >= 4 is 27.0 Å². The maximum atomic E-state index is 12.3. The van der Waals surface area contributed by atoms with Gasteiger partial charge in [0.1, 0.15) is 11.6 Å². The summed E-state index contributed by atoms with van der Waals surface area (Å²) in [6.45, 7) is 2.51. The molecule has 10 heteroatoms. The molecule has 1 N–H and O–H groups in total. The molecule has 1 fully saturated rings. The average Bonchev–Trinajstić information content (AvgIpc) is 3.34. The van der Waals surface area contributed by atoms with E-state index in [1.54, 1.807) is 30.6 Å². The van der Waals surface area contributed by atoms with Gasteiger partial charge in [-0.15, -0.1) is 0 Å². The van der Waals surface area contributed by atoms with Crippen molar-refractivity contribution in [1.29, 1.82) is 0 Å². The number of hydrogen-bond donors (Lipinski definition) is 1. The Hall–Kier alpha value is -2.98. The number of amides is 1. The van der Waals surface area contributed by atoms with E-state index in [4.69, 9.17) is 9.72 Å². The third-order valence-corrected chi connectivity index (χ3v) is 7.39. The van der Waals surface area contributed by atoms with Gasteiger partial charge in [-0.05, 0) is 25.1 Å². The molecule has 31 heavy (non-hydrogen) atoms. The Morgan fingerprint density at radius 2 is 1.97 bits per heavy atom. The molecule has 2 atom stereocenters. The van der Waals surface area contributed by atoms with Crippen LogP contribution in [-0.2, 0) is 21.9 Å². The van der Waals surface area contributed by atoms with Gasteiger partial charge < -0.3 is 14.6 Å². The number of ether oxygens (including phenoxy) is 1. The Kier molecular flexibility index (Phi) is 5.44. The van der Waals surface area contributed by atoms with Crippen molar-refractivity contribution in [1.82, 2.24) is 24.2 Å². The monoisotopic (exact) mass is 443 g/mol. The SMILES string of the molecule is C[C@@H](Oc1nc(-c2ccc(S(=O)(=O)N(C)C)cc2)cc2ncn(C)c12)[C@H]1CNC(=O)C1. The van der Waals surface area contributed by atoms with Crippen molar-refractivity contribution in [3.8, 4) is 17.1 Å². The molecule has 9 nitrogen and oxygen atoms in total. The number of benzene rings is 1. The van der Waals surface area contributed by atoms with Crippen LogP contribution in [0.4, 0.5) is 0 Å². The van der Waals surface area contributed by atoms with E-state index in [9.17, 15) is 13.2 Å². The minimum absolute atomic E-state index is 0.0283. The fourth-order valence-electron chi connectivity index (χ4n) is 3.61. The van der Waals surface area contributed by atoms with E-state index in [-0.39, 0.29) is 22.8 Å². The van der Waals surface area contributed by atoms with Gasteiger partial charge in [0, 0.05) is 45.6 Å². The van der Waals surface area contributed by atoms with Gasteiger partial charge in [0.2, 0.25) is 21.8 Å². The van der Waals surface area contributed by atoms with E-state index in [0.717, 1.165) is 16.6 Å². The predicted octanol–water partition coefficient (Wildman–Crippen LogP) is 1.79. The zero-order valence-electron chi connectivity index (χ0n) is 17.9. The molecule has 0 unspecified atom stereocenters. The number of imidazole rings is 1. The Morgan fingerprint density at radius 1 is 1.26 bits per heavy atom. The highest BCUT2D eigenvalue weighted by Gasteiger charge is 2.29. The summed E-state index contributed by atoms with van der Waals surface area (Å²) in [6.07, 6.45) is 1.91. The van der Waals surface area contributed by atoms with Gasteiger partial charge in [0.25, 0.3) is 0 Å². The van der Waals surface area contributed by atoms with Crippen LogP contribution in [0.1, 0.15) is 13.3 Å². The first kappa shape index (κ1) is 21.3. The normalized spacial score (nSPS) is 17.8. The largest absolute Gasteiger partial charge is 0.473 e. The lowest BCUT2D eigenvalue weighted by molar-refractivity contribution is -0.119. The average molecular weight is 444 g/mol. The summed E-state index contributed by atoms with van der Waals surface area (Å²) in [5.41, 5.74) is 2.86. The van der Waals surface area contributed by atoms with Gasteiger partial charge >= 0.3 is 0 Å².